The van der Waals surface area contributed by atoms with Gasteiger partial charge in [-0.1, -0.05) is 35.0 Å². The third-order valence-corrected chi connectivity index (χ3v) is 4.03. The zero-order valence-corrected chi connectivity index (χ0v) is 14.7. The van der Waals surface area contributed by atoms with Gasteiger partial charge in [-0.15, -0.1) is 0 Å². The largest absolute Gasteiger partial charge is 0.326 e. The van der Waals surface area contributed by atoms with E-state index >= 15 is 0 Å². The van der Waals surface area contributed by atoms with Gasteiger partial charge in [0.15, 0.2) is 0 Å². The molecule has 0 heterocycles. The second-order valence-corrected chi connectivity index (χ2v) is 6.56. The van der Waals surface area contributed by atoms with Crippen molar-refractivity contribution in [3.05, 3.63) is 34.3 Å². The summed E-state index contributed by atoms with van der Waals surface area (Å²) in [5.74, 6) is 0. The van der Waals surface area contributed by atoms with Gasteiger partial charge in [0.25, 0.3) is 0 Å². The van der Waals surface area contributed by atoms with Gasteiger partial charge in [0.05, 0.1) is 0 Å². The third kappa shape index (κ3) is 5.52. The van der Waals surface area contributed by atoms with Crippen molar-refractivity contribution in [1.29, 1.82) is 0 Å². The summed E-state index contributed by atoms with van der Waals surface area (Å²) in [6.07, 6.45) is 1.16. The number of halogens is 1. The summed E-state index contributed by atoms with van der Waals surface area (Å²) in [6.45, 7) is 7.52. The standard InChI is InChI=1S/C16H28BrN3/c1-5-20(11-7-10-19(3)4)16(13(2)18)14-8-6-9-15(17)12-14/h6,8-9,12-13,16H,5,7,10-11,18H2,1-4H3. The molecule has 4 heteroatoms. The van der Waals surface area contributed by atoms with Gasteiger partial charge >= 0.3 is 0 Å². The fourth-order valence-electron chi connectivity index (χ4n) is 2.62. The quantitative estimate of drug-likeness (QED) is 0.788. The van der Waals surface area contributed by atoms with Crippen molar-refractivity contribution in [2.24, 2.45) is 5.73 Å². The van der Waals surface area contributed by atoms with Crippen LogP contribution >= 0.6 is 15.9 Å². The summed E-state index contributed by atoms with van der Waals surface area (Å²) in [4.78, 5) is 4.71. The first kappa shape index (κ1) is 17.6. The van der Waals surface area contributed by atoms with E-state index in [0.29, 0.717) is 0 Å². The van der Waals surface area contributed by atoms with Gasteiger partial charge in [-0.05, 0) is 58.2 Å². The van der Waals surface area contributed by atoms with E-state index in [2.05, 4.69) is 77.9 Å². The Kier molecular flexibility index (Phi) is 7.74. The second kappa shape index (κ2) is 8.78. The Labute approximate surface area is 132 Å². The molecule has 0 radical (unpaired) electrons. The van der Waals surface area contributed by atoms with Crippen molar-refractivity contribution >= 4 is 15.9 Å². The highest BCUT2D eigenvalue weighted by atomic mass is 79.9. The average Bonchev–Trinajstić information content (AvgIpc) is 2.36. The molecular formula is C16H28BrN3. The molecule has 0 bridgehead atoms. The maximum Gasteiger partial charge on any atom is 0.0496 e. The summed E-state index contributed by atoms with van der Waals surface area (Å²) >= 11 is 3.56. The Bertz CT molecular complexity index is 393. The number of likely N-dealkylation sites (N-methyl/N-ethyl adjacent to an activating group) is 1. The van der Waals surface area contributed by atoms with Crippen molar-refractivity contribution in [2.45, 2.75) is 32.4 Å². The highest BCUT2D eigenvalue weighted by molar-refractivity contribution is 9.10. The van der Waals surface area contributed by atoms with E-state index in [4.69, 9.17) is 5.73 Å². The fourth-order valence-corrected chi connectivity index (χ4v) is 3.04. The molecule has 2 unspecified atom stereocenters. The Hall–Kier alpha value is -0.420. The van der Waals surface area contributed by atoms with Crippen LogP contribution in [0.3, 0.4) is 0 Å². The van der Waals surface area contributed by atoms with Gasteiger partial charge in [-0.25, -0.2) is 0 Å². The molecule has 0 spiro atoms. The molecule has 0 aliphatic heterocycles. The molecule has 1 rings (SSSR count). The van der Waals surface area contributed by atoms with Gasteiger partial charge in [0, 0.05) is 23.1 Å². The minimum absolute atomic E-state index is 0.114. The van der Waals surface area contributed by atoms with Crippen LogP contribution in [0.2, 0.25) is 0 Å². The first-order valence-electron chi connectivity index (χ1n) is 7.35. The summed E-state index contributed by atoms with van der Waals surface area (Å²) in [5.41, 5.74) is 7.55. The van der Waals surface area contributed by atoms with Gasteiger partial charge in [-0.2, -0.15) is 0 Å². The minimum atomic E-state index is 0.114. The van der Waals surface area contributed by atoms with Gasteiger partial charge in [-0.3, -0.25) is 4.90 Å². The van der Waals surface area contributed by atoms with Crippen LogP contribution in [0.4, 0.5) is 0 Å². The number of nitrogens with zero attached hydrogens (tertiary/aromatic N) is 2. The highest BCUT2D eigenvalue weighted by Gasteiger charge is 2.22. The van der Waals surface area contributed by atoms with Crippen molar-refractivity contribution in [3.8, 4) is 0 Å². The number of benzene rings is 1. The zero-order chi connectivity index (χ0) is 15.1. The molecule has 3 nitrogen and oxygen atoms in total. The second-order valence-electron chi connectivity index (χ2n) is 5.64. The third-order valence-electron chi connectivity index (χ3n) is 3.54. The molecule has 1 aromatic carbocycles. The van der Waals surface area contributed by atoms with E-state index < -0.39 is 0 Å². The highest BCUT2D eigenvalue weighted by Crippen LogP contribution is 2.26. The molecule has 1 aromatic rings. The topological polar surface area (TPSA) is 32.5 Å². The SMILES string of the molecule is CCN(CCCN(C)C)C(c1cccc(Br)c1)C(C)N. The van der Waals surface area contributed by atoms with Gasteiger partial charge in [0.2, 0.25) is 0 Å². The summed E-state index contributed by atoms with van der Waals surface area (Å²) < 4.78 is 1.12. The lowest BCUT2D eigenvalue weighted by Gasteiger charge is -2.34. The average molecular weight is 342 g/mol. The first-order chi connectivity index (χ1) is 9.45. The van der Waals surface area contributed by atoms with Crippen molar-refractivity contribution in [2.75, 3.05) is 33.7 Å². The Morgan fingerprint density at radius 2 is 1.95 bits per heavy atom. The van der Waals surface area contributed by atoms with Gasteiger partial charge < -0.3 is 10.6 Å². The van der Waals surface area contributed by atoms with Crippen LogP contribution in [0.5, 0.6) is 0 Å². The predicted molar refractivity (Wildman–Crippen MR) is 91.0 cm³/mol. The lowest BCUT2D eigenvalue weighted by Crippen LogP contribution is -2.40. The smallest absolute Gasteiger partial charge is 0.0496 e. The number of hydrogen-bond donors (Lipinski definition) is 1. The minimum Gasteiger partial charge on any atom is -0.326 e. The van der Waals surface area contributed by atoms with Crippen LogP contribution in [0, 0.1) is 0 Å². The predicted octanol–water partition coefficient (Wildman–Crippen LogP) is 3.11. The molecule has 0 aromatic heterocycles. The molecule has 0 saturated carbocycles. The molecule has 2 N–H and O–H groups in total. The summed E-state index contributed by atoms with van der Waals surface area (Å²) in [7, 11) is 4.24. The normalized spacial score (nSPS) is 14.8. The Morgan fingerprint density at radius 3 is 2.45 bits per heavy atom. The number of rotatable bonds is 8. The van der Waals surface area contributed by atoms with Crippen molar-refractivity contribution in [1.82, 2.24) is 9.80 Å². The maximum absolute atomic E-state index is 6.26. The van der Waals surface area contributed by atoms with Crippen LogP contribution in [0.25, 0.3) is 0 Å². The lowest BCUT2D eigenvalue weighted by atomic mass is 9.99. The van der Waals surface area contributed by atoms with Crippen LogP contribution in [-0.4, -0.2) is 49.6 Å². The molecule has 20 heavy (non-hydrogen) atoms. The fraction of sp³-hybridized carbons (Fsp3) is 0.625. The van der Waals surface area contributed by atoms with E-state index in [9.17, 15) is 0 Å². The molecular weight excluding hydrogens is 314 g/mol. The summed E-state index contributed by atoms with van der Waals surface area (Å²) in [5, 5.41) is 0. The molecule has 0 saturated heterocycles. The van der Waals surface area contributed by atoms with E-state index in [1.807, 2.05) is 0 Å². The lowest BCUT2D eigenvalue weighted by molar-refractivity contribution is 0.177. The Morgan fingerprint density at radius 1 is 1.25 bits per heavy atom. The molecule has 0 aliphatic carbocycles. The molecule has 0 amide bonds. The number of nitrogens with two attached hydrogens (primary N) is 1. The van der Waals surface area contributed by atoms with E-state index in [1.165, 1.54) is 5.56 Å². The van der Waals surface area contributed by atoms with E-state index in [0.717, 1.165) is 30.5 Å². The van der Waals surface area contributed by atoms with E-state index in [1.54, 1.807) is 0 Å². The Balaban J connectivity index is 2.82. The van der Waals surface area contributed by atoms with Crippen molar-refractivity contribution < 1.29 is 0 Å². The van der Waals surface area contributed by atoms with Crippen LogP contribution in [0.1, 0.15) is 31.9 Å². The summed E-state index contributed by atoms with van der Waals surface area (Å²) in [6, 6.07) is 8.89. The van der Waals surface area contributed by atoms with Crippen LogP contribution in [0.15, 0.2) is 28.7 Å². The van der Waals surface area contributed by atoms with Crippen LogP contribution < -0.4 is 5.73 Å². The molecule has 114 valence electrons. The van der Waals surface area contributed by atoms with Crippen molar-refractivity contribution in [3.63, 3.8) is 0 Å². The molecule has 2 atom stereocenters. The maximum atomic E-state index is 6.26. The zero-order valence-electron chi connectivity index (χ0n) is 13.1. The first-order valence-corrected chi connectivity index (χ1v) is 8.14. The van der Waals surface area contributed by atoms with E-state index in [-0.39, 0.29) is 12.1 Å². The number of hydrogen-bond acceptors (Lipinski definition) is 3. The monoisotopic (exact) mass is 341 g/mol. The van der Waals surface area contributed by atoms with Gasteiger partial charge in [0.1, 0.15) is 0 Å². The molecule has 0 aliphatic rings. The van der Waals surface area contributed by atoms with Crippen LogP contribution in [-0.2, 0) is 0 Å². The molecule has 0 fully saturated rings.